The van der Waals surface area contributed by atoms with Gasteiger partial charge in [-0.25, -0.2) is 19.6 Å². The van der Waals surface area contributed by atoms with Gasteiger partial charge >= 0.3 is 24.3 Å². The predicted octanol–water partition coefficient (Wildman–Crippen LogP) is 4.30. The van der Waals surface area contributed by atoms with Gasteiger partial charge in [-0.15, -0.1) is 0 Å². The van der Waals surface area contributed by atoms with Crippen molar-refractivity contribution in [2.45, 2.75) is 44.7 Å². The van der Waals surface area contributed by atoms with Gasteiger partial charge in [0, 0.05) is 25.5 Å². The number of carboxylic acids is 2. The van der Waals surface area contributed by atoms with Gasteiger partial charge in [0.2, 0.25) is 0 Å². The third kappa shape index (κ3) is 10.4. The fraction of sp³-hybridized carbons (Fsp3) is 0.478. The number of para-hydroxylation sites is 2. The number of rotatable bonds is 6. The number of alkyl halides is 6. The average molecular weight is 551 g/mol. The number of benzene rings is 1. The molecule has 0 bridgehead atoms. The Morgan fingerprint density at radius 2 is 1.50 bits per heavy atom. The molecule has 4 rings (SSSR count). The van der Waals surface area contributed by atoms with E-state index < -0.39 is 24.3 Å². The Kier molecular flexibility index (Phi) is 11.1. The number of carboxylic acid groups (broad SMARTS) is 2. The predicted molar refractivity (Wildman–Crippen MR) is 123 cm³/mol. The summed E-state index contributed by atoms with van der Waals surface area (Å²) >= 11 is 0. The maximum absolute atomic E-state index is 10.6. The van der Waals surface area contributed by atoms with E-state index in [1.165, 1.54) is 44.4 Å². The van der Waals surface area contributed by atoms with Crippen LogP contribution in [-0.2, 0) is 22.7 Å². The van der Waals surface area contributed by atoms with Gasteiger partial charge in [-0.3, -0.25) is 0 Å². The van der Waals surface area contributed by atoms with Crippen molar-refractivity contribution >= 4 is 23.0 Å². The fourth-order valence-electron chi connectivity index (χ4n) is 3.74. The van der Waals surface area contributed by atoms with E-state index in [1.54, 1.807) is 0 Å². The van der Waals surface area contributed by atoms with Crippen molar-refractivity contribution in [3.8, 4) is 0 Å². The summed E-state index contributed by atoms with van der Waals surface area (Å²) in [5.41, 5.74) is 2.34. The first-order valence-corrected chi connectivity index (χ1v) is 11.5. The van der Waals surface area contributed by atoms with Crippen LogP contribution in [0.2, 0.25) is 0 Å². The van der Waals surface area contributed by atoms with Gasteiger partial charge in [0.05, 0.1) is 23.7 Å². The van der Waals surface area contributed by atoms with Crippen LogP contribution in [0.15, 0.2) is 49.3 Å². The number of likely N-dealkylation sites (tertiary alicyclic amines) is 1. The highest BCUT2D eigenvalue weighted by Gasteiger charge is 2.38. The third-order valence-corrected chi connectivity index (χ3v) is 5.62. The number of hydrogen-bond acceptors (Lipinski definition) is 5. The van der Waals surface area contributed by atoms with E-state index in [9.17, 15) is 26.3 Å². The van der Waals surface area contributed by atoms with Crippen LogP contribution >= 0.6 is 0 Å². The number of nitrogens with zero attached hydrogens (tertiary/aromatic N) is 5. The minimum Gasteiger partial charge on any atom is -0.475 e. The van der Waals surface area contributed by atoms with Crippen molar-refractivity contribution in [2.24, 2.45) is 5.92 Å². The molecule has 0 spiro atoms. The lowest BCUT2D eigenvalue weighted by atomic mass is 9.96. The molecule has 0 aliphatic carbocycles. The Morgan fingerprint density at radius 1 is 0.921 bits per heavy atom. The summed E-state index contributed by atoms with van der Waals surface area (Å²) in [5.74, 6) is -4.71. The van der Waals surface area contributed by atoms with Gasteiger partial charge in [-0.1, -0.05) is 12.1 Å². The molecule has 2 aromatic heterocycles. The molecule has 0 unspecified atom stereocenters. The van der Waals surface area contributed by atoms with Crippen molar-refractivity contribution in [3.63, 3.8) is 0 Å². The largest absolute Gasteiger partial charge is 0.490 e. The number of imidazole rings is 2. The molecule has 3 aromatic rings. The zero-order valence-corrected chi connectivity index (χ0v) is 20.1. The lowest BCUT2D eigenvalue weighted by molar-refractivity contribution is -0.193. The van der Waals surface area contributed by atoms with Crippen molar-refractivity contribution in [1.82, 2.24) is 24.0 Å². The van der Waals surface area contributed by atoms with Gasteiger partial charge in [0.1, 0.15) is 0 Å². The van der Waals surface area contributed by atoms with Gasteiger partial charge in [0.25, 0.3) is 0 Å². The summed E-state index contributed by atoms with van der Waals surface area (Å²) < 4.78 is 68.0. The Hall–Kier alpha value is -3.62. The van der Waals surface area contributed by atoms with E-state index in [1.807, 2.05) is 24.9 Å². The smallest absolute Gasteiger partial charge is 0.475 e. The van der Waals surface area contributed by atoms with E-state index in [2.05, 4.69) is 48.4 Å². The Morgan fingerprint density at radius 3 is 2.03 bits per heavy atom. The van der Waals surface area contributed by atoms with E-state index in [0.717, 1.165) is 24.5 Å². The van der Waals surface area contributed by atoms with Gasteiger partial charge in [0.15, 0.2) is 0 Å². The minimum atomic E-state index is -5.08. The Balaban J connectivity index is 0.000000301. The zero-order valence-electron chi connectivity index (χ0n) is 20.1. The molecule has 1 aromatic carbocycles. The molecule has 15 heteroatoms. The molecule has 1 aliphatic rings. The number of carbonyl (C=O) groups is 2. The van der Waals surface area contributed by atoms with E-state index in [0.29, 0.717) is 0 Å². The molecular weight excluding hydrogens is 524 g/mol. The number of hydrogen-bond donors (Lipinski definition) is 2. The summed E-state index contributed by atoms with van der Waals surface area (Å²) in [6.07, 6.45) is 1.46. The summed E-state index contributed by atoms with van der Waals surface area (Å²) in [6.45, 7) is 5.81. The number of halogens is 6. The monoisotopic (exact) mass is 551 g/mol. The highest BCUT2D eigenvalue weighted by atomic mass is 19.4. The first-order chi connectivity index (χ1) is 17.8. The van der Waals surface area contributed by atoms with Gasteiger partial charge in [-0.2, -0.15) is 26.3 Å². The van der Waals surface area contributed by atoms with E-state index >= 15 is 0 Å². The zero-order chi connectivity index (χ0) is 28.3. The molecule has 210 valence electrons. The highest BCUT2D eigenvalue weighted by molar-refractivity contribution is 5.75. The Bertz CT molecular complexity index is 1120. The average Bonchev–Trinajstić information content (AvgIpc) is 3.50. The molecule has 1 fully saturated rings. The summed E-state index contributed by atoms with van der Waals surface area (Å²) in [6, 6.07) is 8.37. The second kappa shape index (κ2) is 13.8. The number of aliphatic carboxylic acids is 2. The molecule has 1 saturated heterocycles. The molecule has 38 heavy (non-hydrogen) atoms. The van der Waals surface area contributed by atoms with Crippen LogP contribution < -0.4 is 0 Å². The van der Waals surface area contributed by atoms with Crippen LogP contribution in [0.4, 0.5) is 26.3 Å². The van der Waals surface area contributed by atoms with Gasteiger partial charge < -0.3 is 24.2 Å². The van der Waals surface area contributed by atoms with E-state index in [4.69, 9.17) is 19.8 Å². The van der Waals surface area contributed by atoms with Crippen LogP contribution in [0.1, 0.15) is 19.3 Å². The SMILES string of the molecule is O=C(O)C(F)(F)F.O=C(O)C(F)(F)F.c1ccc2c(c1)ncn2CCCN1CCC(Cn2ccnc2)CC1. The number of aryl methyl sites for hydroxylation is 1. The van der Waals surface area contributed by atoms with Crippen LogP contribution in [-0.4, -0.2) is 78.1 Å². The van der Waals surface area contributed by atoms with Crippen molar-refractivity contribution in [1.29, 1.82) is 0 Å². The molecule has 0 amide bonds. The first kappa shape index (κ1) is 30.6. The minimum absolute atomic E-state index is 0.799. The molecule has 0 atom stereocenters. The Labute approximate surface area is 213 Å². The van der Waals surface area contributed by atoms with Crippen LogP contribution in [0.5, 0.6) is 0 Å². The summed E-state index contributed by atoms with van der Waals surface area (Å²) in [5, 5.41) is 14.2. The number of fused-ring (bicyclic) bond motifs is 1. The summed E-state index contributed by atoms with van der Waals surface area (Å²) in [4.78, 5) is 29.0. The molecule has 2 N–H and O–H groups in total. The van der Waals surface area contributed by atoms with Crippen LogP contribution in [0, 0.1) is 5.92 Å². The fourth-order valence-corrected chi connectivity index (χ4v) is 3.74. The molecule has 3 heterocycles. The highest BCUT2D eigenvalue weighted by Crippen LogP contribution is 2.20. The summed E-state index contributed by atoms with van der Waals surface area (Å²) in [7, 11) is 0. The molecular formula is C23H27F6N5O4. The first-order valence-electron chi connectivity index (χ1n) is 11.5. The molecule has 9 nitrogen and oxygen atoms in total. The van der Waals surface area contributed by atoms with Crippen molar-refractivity contribution in [3.05, 3.63) is 49.3 Å². The molecule has 0 saturated carbocycles. The number of aromatic nitrogens is 4. The molecule has 1 aliphatic heterocycles. The normalized spacial score (nSPS) is 14.8. The third-order valence-electron chi connectivity index (χ3n) is 5.62. The standard InChI is InChI=1S/C19H25N5.2C2HF3O2/c1-2-5-19-18(4-1)21-16-24(19)10-3-9-22-11-6-17(7-12-22)14-23-13-8-20-15-23;2*3-2(4,5)1(6)7/h1-2,4-5,8,13,15-17H,3,6-7,9-12,14H2;2*(H,6,7). The lowest BCUT2D eigenvalue weighted by Gasteiger charge is -2.32. The second-order valence-corrected chi connectivity index (χ2v) is 8.43. The maximum Gasteiger partial charge on any atom is 0.490 e. The van der Waals surface area contributed by atoms with Crippen molar-refractivity contribution < 1.29 is 46.1 Å². The van der Waals surface area contributed by atoms with E-state index in [-0.39, 0.29) is 0 Å². The maximum atomic E-state index is 10.6. The molecule has 0 radical (unpaired) electrons. The van der Waals surface area contributed by atoms with Gasteiger partial charge in [-0.05, 0) is 56.9 Å². The second-order valence-electron chi connectivity index (χ2n) is 8.43. The van der Waals surface area contributed by atoms with Crippen molar-refractivity contribution in [2.75, 3.05) is 19.6 Å². The topological polar surface area (TPSA) is 113 Å². The lowest BCUT2D eigenvalue weighted by Crippen LogP contribution is -2.35. The van der Waals surface area contributed by atoms with Crippen LogP contribution in [0.3, 0.4) is 0 Å². The van der Waals surface area contributed by atoms with Crippen LogP contribution in [0.25, 0.3) is 11.0 Å². The number of piperidine rings is 1. The quantitative estimate of drug-likeness (QED) is 0.439.